The van der Waals surface area contributed by atoms with E-state index in [9.17, 15) is 4.79 Å². The number of aryl methyl sites for hydroxylation is 2. The molecule has 1 aromatic heterocycles. The maximum absolute atomic E-state index is 12.5. The van der Waals surface area contributed by atoms with Crippen LogP contribution in [0.1, 0.15) is 43.2 Å². The fourth-order valence-corrected chi connectivity index (χ4v) is 4.20. The number of urea groups is 1. The molecular formula is C23H31N5O. The molecule has 2 amide bonds. The molecule has 4 rings (SSSR count). The van der Waals surface area contributed by atoms with Crippen LogP contribution in [0.2, 0.25) is 0 Å². The highest BCUT2D eigenvalue weighted by Gasteiger charge is 2.24. The fourth-order valence-electron chi connectivity index (χ4n) is 4.20. The summed E-state index contributed by atoms with van der Waals surface area (Å²) in [4.78, 5) is 16.7. The van der Waals surface area contributed by atoms with Crippen molar-refractivity contribution in [1.82, 2.24) is 20.4 Å². The summed E-state index contributed by atoms with van der Waals surface area (Å²) in [5.74, 6) is 0.880. The SMILES string of the molecule is Cc1ccc(-c2ccc(N3CCN(C(=O)NC4CCCCC4)CC3)nn2)cc1C. The first kappa shape index (κ1) is 19.7. The van der Waals surface area contributed by atoms with Crippen molar-refractivity contribution < 1.29 is 4.79 Å². The van der Waals surface area contributed by atoms with Crippen molar-refractivity contribution in [1.29, 1.82) is 0 Å². The normalized spacial score (nSPS) is 18.0. The van der Waals surface area contributed by atoms with Crippen LogP contribution in [0, 0.1) is 13.8 Å². The molecule has 2 fully saturated rings. The van der Waals surface area contributed by atoms with E-state index in [1.54, 1.807) is 0 Å². The first-order valence-corrected chi connectivity index (χ1v) is 10.8. The van der Waals surface area contributed by atoms with Gasteiger partial charge in [0.15, 0.2) is 5.82 Å². The van der Waals surface area contributed by atoms with Crippen LogP contribution in [0.15, 0.2) is 30.3 Å². The zero-order valence-corrected chi connectivity index (χ0v) is 17.5. The smallest absolute Gasteiger partial charge is 0.317 e. The lowest BCUT2D eigenvalue weighted by molar-refractivity contribution is 0.186. The summed E-state index contributed by atoms with van der Waals surface area (Å²) >= 11 is 0. The second-order valence-corrected chi connectivity index (χ2v) is 8.33. The Morgan fingerprint density at radius 1 is 0.931 bits per heavy atom. The Morgan fingerprint density at radius 2 is 1.69 bits per heavy atom. The van der Waals surface area contributed by atoms with Gasteiger partial charge in [0.1, 0.15) is 0 Å². The monoisotopic (exact) mass is 393 g/mol. The minimum Gasteiger partial charge on any atom is -0.352 e. The molecule has 1 saturated heterocycles. The van der Waals surface area contributed by atoms with Crippen LogP contribution in [0.4, 0.5) is 10.6 Å². The van der Waals surface area contributed by atoms with Gasteiger partial charge in [-0.15, -0.1) is 10.2 Å². The zero-order valence-electron chi connectivity index (χ0n) is 17.5. The molecule has 29 heavy (non-hydrogen) atoms. The fraction of sp³-hybridized carbons (Fsp3) is 0.522. The zero-order chi connectivity index (χ0) is 20.2. The van der Waals surface area contributed by atoms with E-state index in [0.717, 1.165) is 56.1 Å². The number of rotatable bonds is 3. The van der Waals surface area contributed by atoms with E-state index in [4.69, 9.17) is 0 Å². The summed E-state index contributed by atoms with van der Waals surface area (Å²) < 4.78 is 0. The van der Waals surface area contributed by atoms with Gasteiger partial charge in [-0.25, -0.2) is 4.79 Å². The van der Waals surface area contributed by atoms with Crippen LogP contribution < -0.4 is 10.2 Å². The molecule has 1 aromatic carbocycles. The molecule has 0 atom stereocenters. The Kier molecular flexibility index (Phi) is 5.97. The molecule has 1 aliphatic heterocycles. The summed E-state index contributed by atoms with van der Waals surface area (Å²) in [6.45, 7) is 7.25. The van der Waals surface area contributed by atoms with E-state index in [2.05, 4.69) is 52.5 Å². The molecule has 0 unspecified atom stereocenters. The Morgan fingerprint density at radius 3 is 2.34 bits per heavy atom. The number of hydrogen-bond acceptors (Lipinski definition) is 4. The first-order chi connectivity index (χ1) is 14.1. The molecule has 1 aliphatic carbocycles. The molecule has 2 heterocycles. The first-order valence-electron chi connectivity index (χ1n) is 10.8. The van der Waals surface area contributed by atoms with Gasteiger partial charge < -0.3 is 15.1 Å². The third-order valence-corrected chi connectivity index (χ3v) is 6.28. The van der Waals surface area contributed by atoms with E-state index >= 15 is 0 Å². The van der Waals surface area contributed by atoms with E-state index in [-0.39, 0.29) is 6.03 Å². The second kappa shape index (κ2) is 8.80. The number of carbonyl (C=O) groups excluding carboxylic acids is 1. The predicted molar refractivity (Wildman–Crippen MR) is 116 cm³/mol. The number of carbonyl (C=O) groups is 1. The largest absolute Gasteiger partial charge is 0.352 e. The number of nitrogens with zero attached hydrogens (tertiary/aromatic N) is 4. The highest BCUT2D eigenvalue weighted by atomic mass is 16.2. The molecule has 2 aliphatic rings. The third kappa shape index (κ3) is 4.69. The van der Waals surface area contributed by atoms with Gasteiger partial charge >= 0.3 is 6.03 Å². The lowest BCUT2D eigenvalue weighted by Crippen LogP contribution is -2.53. The average molecular weight is 394 g/mol. The Balaban J connectivity index is 1.32. The summed E-state index contributed by atoms with van der Waals surface area (Å²) in [7, 11) is 0. The van der Waals surface area contributed by atoms with E-state index in [0.29, 0.717) is 6.04 Å². The molecule has 0 radical (unpaired) electrons. The maximum atomic E-state index is 12.5. The van der Waals surface area contributed by atoms with E-state index in [1.165, 1.54) is 30.4 Å². The Hall–Kier alpha value is -2.63. The van der Waals surface area contributed by atoms with Gasteiger partial charge in [-0.3, -0.25) is 0 Å². The van der Waals surface area contributed by atoms with Crippen LogP contribution in [0.3, 0.4) is 0 Å². The van der Waals surface area contributed by atoms with Crippen molar-refractivity contribution in [3.8, 4) is 11.3 Å². The van der Waals surface area contributed by atoms with Crippen LogP contribution in [-0.4, -0.2) is 53.3 Å². The molecule has 154 valence electrons. The minimum atomic E-state index is 0.0905. The quantitative estimate of drug-likeness (QED) is 0.858. The van der Waals surface area contributed by atoms with E-state index < -0.39 is 0 Å². The summed E-state index contributed by atoms with van der Waals surface area (Å²) in [5.41, 5.74) is 4.53. The van der Waals surface area contributed by atoms with Crippen molar-refractivity contribution in [3.63, 3.8) is 0 Å². The van der Waals surface area contributed by atoms with Crippen molar-refractivity contribution in [2.75, 3.05) is 31.1 Å². The van der Waals surface area contributed by atoms with Crippen molar-refractivity contribution in [2.24, 2.45) is 0 Å². The highest BCUT2D eigenvalue weighted by Crippen LogP contribution is 2.22. The van der Waals surface area contributed by atoms with Gasteiger partial charge in [0.05, 0.1) is 5.69 Å². The number of nitrogens with one attached hydrogen (secondary N) is 1. The number of benzene rings is 1. The van der Waals surface area contributed by atoms with Gasteiger partial charge in [-0.1, -0.05) is 31.4 Å². The number of piperazine rings is 1. The molecule has 2 aromatic rings. The highest BCUT2D eigenvalue weighted by molar-refractivity contribution is 5.75. The molecule has 6 heteroatoms. The summed E-state index contributed by atoms with van der Waals surface area (Å²) in [5, 5.41) is 12.1. The molecule has 0 bridgehead atoms. The molecule has 6 nitrogen and oxygen atoms in total. The minimum absolute atomic E-state index is 0.0905. The molecular weight excluding hydrogens is 362 g/mol. The average Bonchev–Trinajstić information content (AvgIpc) is 2.77. The third-order valence-electron chi connectivity index (χ3n) is 6.28. The van der Waals surface area contributed by atoms with Crippen LogP contribution in [0.5, 0.6) is 0 Å². The molecule has 1 N–H and O–H groups in total. The topological polar surface area (TPSA) is 61.4 Å². The lowest BCUT2D eigenvalue weighted by Gasteiger charge is -2.36. The van der Waals surface area contributed by atoms with Gasteiger partial charge in [0, 0.05) is 37.8 Å². The van der Waals surface area contributed by atoms with Crippen molar-refractivity contribution in [2.45, 2.75) is 52.0 Å². The Labute approximate surface area is 173 Å². The summed E-state index contributed by atoms with van der Waals surface area (Å²) in [6.07, 6.45) is 6.00. The Bertz CT molecular complexity index is 837. The number of aromatic nitrogens is 2. The van der Waals surface area contributed by atoms with Gasteiger partial charge in [-0.2, -0.15) is 0 Å². The standard InChI is InChI=1S/C23H31N5O/c1-17-8-9-19(16-18(17)2)21-10-11-22(26-25-21)27-12-14-28(15-13-27)23(29)24-20-6-4-3-5-7-20/h8-11,16,20H,3-7,12-15H2,1-2H3,(H,24,29). The van der Waals surface area contributed by atoms with Crippen LogP contribution >= 0.6 is 0 Å². The van der Waals surface area contributed by atoms with Gasteiger partial charge in [0.2, 0.25) is 0 Å². The number of anilines is 1. The van der Waals surface area contributed by atoms with Gasteiger partial charge in [-0.05, 0) is 56.0 Å². The van der Waals surface area contributed by atoms with E-state index in [1.807, 2.05) is 17.0 Å². The number of amides is 2. The predicted octanol–water partition coefficient (Wildman–Crippen LogP) is 3.92. The lowest BCUT2D eigenvalue weighted by atomic mass is 9.96. The van der Waals surface area contributed by atoms with Crippen LogP contribution in [0.25, 0.3) is 11.3 Å². The van der Waals surface area contributed by atoms with Crippen LogP contribution in [-0.2, 0) is 0 Å². The van der Waals surface area contributed by atoms with Crippen molar-refractivity contribution in [3.05, 3.63) is 41.5 Å². The maximum Gasteiger partial charge on any atom is 0.317 e. The molecule has 0 spiro atoms. The second-order valence-electron chi connectivity index (χ2n) is 8.33. The summed E-state index contributed by atoms with van der Waals surface area (Å²) in [6, 6.07) is 10.9. The van der Waals surface area contributed by atoms with Gasteiger partial charge in [0.25, 0.3) is 0 Å². The number of hydrogen-bond donors (Lipinski definition) is 1. The molecule has 1 saturated carbocycles. The van der Waals surface area contributed by atoms with Crippen molar-refractivity contribution >= 4 is 11.8 Å².